The minimum Gasteiger partial charge on any atom is -0.480 e. The van der Waals surface area contributed by atoms with Crippen LogP contribution >= 0.6 is 0 Å². The molecule has 0 saturated carbocycles. The summed E-state index contributed by atoms with van der Waals surface area (Å²) in [7, 11) is 0. The van der Waals surface area contributed by atoms with Crippen molar-refractivity contribution in [2.24, 2.45) is 0 Å². The van der Waals surface area contributed by atoms with Crippen molar-refractivity contribution in [3.05, 3.63) is 59.7 Å². The number of likely N-dealkylation sites (tertiary alicyclic amines) is 1. The minimum absolute atomic E-state index is 0.0839. The molecule has 1 unspecified atom stereocenters. The molecule has 7 nitrogen and oxygen atoms in total. The zero-order valence-electron chi connectivity index (χ0n) is 19.3. The highest BCUT2D eigenvalue weighted by Crippen LogP contribution is 2.44. The van der Waals surface area contributed by atoms with Crippen molar-refractivity contribution in [1.82, 2.24) is 10.2 Å². The Hall–Kier alpha value is -3.35. The third-order valence-corrected chi connectivity index (χ3v) is 6.89. The summed E-state index contributed by atoms with van der Waals surface area (Å²) < 4.78 is 5.58. The van der Waals surface area contributed by atoms with E-state index in [-0.39, 0.29) is 12.5 Å². The molecule has 0 radical (unpaired) electrons. The molecule has 2 aromatic rings. The summed E-state index contributed by atoms with van der Waals surface area (Å²) in [5.41, 5.74) is 1.89. The molecule has 1 aliphatic carbocycles. The normalized spacial score (nSPS) is 20.0. The minimum atomic E-state index is -1.31. The Kier molecular flexibility index (Phi) is 5.91. The van der Waals surface area contributed by atoms with E-state index in [9.17, 15) is 19.5 Å². The fourth-order valence-electron chi connectivity index (χ4n) is 4.95. The number of rotatable bonds is 5. The monoisotopic (exact) mass is 450 g/mol. The quantitative estimate of drug-likeness (QED) is 0.713. The number of hydrogen-bond donors (Lipinski definition) is 2. The van der Waals surface area contributed by atoms with Gasteiger partial charge in [0.05, 0.1) is 0 Å². The van der Waals surface area contributed by atoms with E-state index >= 15 is 0 Å². The SMILES string of the molecule is CC(C)(NC(=O)OCC1c2ccccc2-c2ccccc21)C(=O)N1CCCCC1(C)C(=O)O. The van der Waals surface area contributed by atoms with Crippen molar-refractivity contribution in [3.8, 4) is 11.1 Å². The van der Waals surface area contributed by atoms with Crippen LogP contribution in [-0.4, -0.2) is 52.2 Å². The van der Waals surface area contributed by atoms with Crippen LogP contribution in [0.25, 0.3) is 11.1 Å². The van der Waals surface area contributed by atoms with E-state index in [2.05, 4.69) is 17.4 Å². The first-order chi connectivity index (χ1) is 15.6. The molecular formula is C26H30N2O5. The Morgan fingerprint density at radius 1 is 1.06 bits per heavy atom. The van der Waals surface area contributed by atoms with Crippen LogP contribution in [0.4, 0.5) is 4.79 Å². The number of hydrogen-bond acceptors (Lipinski definition) is 4. The highest BCUT2D eigenvalue weighted by Gasteiger charge is 2.48. The summed E-state index contributed by atoms with van der Waals surface area (Å²) in [6.45, 7) is 5.20. The number of alkyl carbamates (subject to hydrolysis) is 1. The number of ether oxygens (including phenoxy) is 1. The molecule has 0 spiro atoms. The van der Waals surface area contributed by atoms with Gasteiger partial charge in [0, 0.05) is 12.5 Å². The molecule has 7 heteroatoms. The summed E-state index contributed by atoms with van der Waals surface area (Å²) >= 11 is 0. The highest BCUT2D eigenvalue weighted by atomic mass is 16.5. The number of nitrogens with zero attached hydrogens (tertiary/aromatic N) is 1. The third-order valence-electron chi connectivity index (χ3n) is 6.89. The largest absolute Gasteiger partial charge is 0.480 e. The van der Waals surface area contributed by atoms with Crippen molar-refractivity contribution in [1.29, 1.82) is 0 Å². The zero-order chi connectivity index (χ0) is 23.8. The molecule has 2 N–H and O–H groups in total. The van der Waals surface area contributed by atoms with Crippen molar-refractivity contribution in [2.45, 2.75) is 57.0 Å². The van der Waals surface area contributed by atoms with Gasteiger partial charge in [0.15, 0.2) is 0 Å². The third kappa shape index (κ3) is 4.08. The number of piperidine rings is 1. The molecule has 1 fully saturated rings. The fraction of sp³-hybridized carbons (Fsp3) is 0.423. The van der Waals surface area contributed by atoms with E-state index in [1.54, 1.807) is 20.8 Å². The van der Waals surface area contributed by atoms with Crippen LogP contribution < -0.4 is 5.32 Å². The van der Waals surface area contributed by atoms with Gasteiger partial charge in [0.1, 0.15) is 17.7 Å². The lowest BCUT2D eigenvalue weighted by atomic mass is 9.86. The summed E-state index contributed by atoms with van der Waals surface area (Å²) in [5, 5.41) is 12.4. The summed E-state index contributed by atoms with van der Waals surface area (Å²) in [5.74, 6) is -1.55. The molecule has 33 heavy (non-hydrogen) atoms. The van der Waals surface area contributed by atoms with E-state index in [0.29, 0.717) is 13.0 Å². The molecule has 174 valence electrons. The Labute approximate surface area is 193 Å². The maximum Gasteiger partial charge on any atom is 0.408 e. The fourth-order valence-corrected chi connectivity index (χ4v) is 4.95. The van der Waals surface area contributed by atoms with Crippen LogP contribution in [-0.2, 0) is 14.3 Å². The van der Waals surface area contributed by atoms with Gasteiger partial charge < -0.3 is 20.1 Å². The smallest absolute Gasteiger partial charge is 0.408 e. The van der Waals surface area contributed by atoms with E-state index in [1.807, 2.05) is 36.4 Å². The number of aliphatic carboxylic acids is 1. The highest BCUT2D eigenvalue weighted by molar-refractivity contribution is 5.93. The number of fused-ring (bicyclic) bond motifs is 3. The predicted molar refractivity (Wildman–Crippen MR) is 124 cm³/mol. The van der Waals surface area contributed by atoms with Crippen molar-refractivity contribution in [2.75, 3.05) is 13.2 Å². The molecule has 1 saturated heterocycles. The van der Waals surface area contributed by atoms with Gasteiger partial charge in [-0.1, -0.05) is 48.5 Å². The van der Waals surface area contributed by atoms with Gasteiger partial charge in [-0.3, -0.25) is 4.79 Å². The van der Waals surface area contributed by atoms with Crippen LogP contribution in [0.5, 0.6) is 0 Å². The topological polar surface area (TPSA) is 95.9 Å². The van der Waals surface area contributed by atoms with E-state index in [1.165, 1.54) is 4.90 Å². The van der Waals surface area contributed by atoms with Crippen LogP contribution in [0.3, 0.4) is 0 Å². The zero-order valence-corrected chi connectivity index (χ0v) is 19.3. The molecule has 2 amide bonds. The Bertz CT molecular complexity index is 1050. The number of amides is 2. The molecule has 0 bridgehead atoms. The number of carboxylic acids is 1. The average molecular weight is 451 g/mol. The van der Waals surface area contributed by atoms with Crippen molar-refractivity contribution >= 4 is 18.0 Å². The maximum absolute atomic E-state index is 13.3. The molecule has 0 aromatic heterocycles. The Balaban J connectivity index is 1.45. The lowest BCUT2D eigenvalue weighted by Crippen LogP contribution is -2.65. The molecular weight excluding hydrogens is 420 g/mol. The number of benzene rings is 2. The van der Waals surface area contributed by atoms with Gasteiger partial charge in [-0.2, -0.15) is 0 Å². The van der Waals surface area contributed by atoms with Gasteiger partial charge in [0.2, 0.25) is 5.91 Å². The predicted octanol–water partition coefficient (Wildman–Crippen LogP) is 4.16. The van der Waals surface area contributed by atoms with Gasteiger partial charge >= 0.3 is 12.1 Å². The van der Waals surface area contributed by atoms with Gasteiger partial charge in [-0.25, -0.2) is 9.59 Å². The second kappa shape index (κ2) is 8.54. The average Bonchev–Trinajstić information content (AvgIpc) is 3.11. The first kappa shape index (κ1) is 22.8. The van der Waals surface area contributed by atoms with Gasteiger partial charge in [-0.05, 0) is 62.3 Å². The maximum atomic E-state index is 13.3. The van der Waals surface area contributed by atoms with Crippen molar-refractivity contribution < 1.29 is 24.2 Å². The molecule has 4 rings (SSSR count). The summed E-state index contributed by atoms with van der Waals surface area (Å²) in [6, 6.07) is 16.1. The second-order valence-electron chi connectivity index (χ2n) is 9.57. The van der Waals surface area contributed by atoms with Gasteiger partial charge in [-0.15, -0.1) is 0 Å². The molecule has 1 aliphatic heterocycles. The number of carbonyl (C=O) groups excluding carboxylic acids is 2. The van der Waals surface area contributed by atoms with Gasteiger partial charge in [0.25, 0.3) is 0 Å². The number of nitrogens with one attached hydrogen (secondary N) is 1. The standard InChI is InChI=1S/C26H30N2O5/c1-25(2,22(29)28-15-9-8-14-26(28,3)23(30)31)27-24(32)33-16-21-19-12-6-4-10-17(19)18-11-5-7-13-20(18)21/h4-7,10-13,21H,8-9,14-16H2,1-3H3,(H,27,32)(H,30,31). The van der Waals surface area contributed by atoms with Crippen LogP contribution in [0.2, 0.25) is 0 Å². The molecule has 2 aliphatic rings. The molecule has 1 heterocycles. The van der Waals surface area contributed by atoms with E-state index < -0.39 is 29.0 Å². The Morgan fingerprint density at radius 2 is 1.64 bits per heavy atom. The van der Waals surface area contributed by atoms with E-state index in [4.69, 9.17) is 4.74 Å². The number of carboxylic acid groups (broad SMARTS) is 1. The lowest BCUT2D eigenvalue weighted by molar-refractivity contribution is -0.163. The summed E-state index contributed by atoms with van der Waals surface area (Å²) in [6.07, 6.45) is 1.15. The molecule has 1 atom stereocenters. The van der Waals surface area contributed by atoms with Crippen LogP contribution in [0, 0.1) is 0 Å². The number of carbonyl (C=O) groups is 3. The van der Waals surface area contributed by atoms with E-state index in [0.717, 1.165) is 35.1 Å². The summed E-state index contributed by atoms with van der Waals surface area (Å²) in [4.78, 5) is 39.2. The van der Waals surface area contributed by atoms with Crippen LogP contribution in [0.15, 0.2) is 48.5 Å². The van der Waals surface area contributed by atoms with Crippen molar-refractivity contribution in [3.63, 3.8) is 0 Å². The first-order valence-electron chi connectivity index (χ1n) is 11.3. The molecule has 2 aromatic carbocycles. The second-order valence-corrected chi connectivity index (χ2v) is 9.57. The lowest BCUT2D eigenvalue weighted by Gasteiger charge is -2.44. The van der Waals surface area contributed by atoms with Crippen LogP contribution in [0.1, 0.15) is 57.1 Å². The Morgan fingerprint density at radius 3 is 2.21 bits per heavy atom. The first-order valence-corrected chi connectivity index (χ1v) is 11.3.